The molecule has 0 bridgehead atoms. The van der Waals surface area contributed by atoms with Crippen molar-refractivity contribution in [1.82, 2.24) is 13.8 Å². The molecular formula is C8H5N3OS. The third kappa shape index (κ3) is 0.972. The molecule has 0 radical (unpaired) electrons. The molecule has 3 heterocycles. The first-order chi connectivity index (χ1) is 6.43. The van der Waals surface area contributed by atoms with Gasteiger partial charge in [0, 0.05) is 12.4 Å². The summed E-state index contributed by atoms with van der Waals surface area (Å²) in [4.78, 5) is 8.36. The maximum Gasteiger partial charge on any atom is 0.244 e. The van der Waals surface area contributed by atoms with E-state index in [0.717, 1.165) is 16.5 Å². The van der Waals surface area contributed by atoms with Crippen molar-refractivity contribution in [2.45, 2.75) is 0 Å². The first kappa shape index (κ1) is 6.85. The van der Waals surface area contributed by atoms with Gasteiger partial charge >= 0.3 is 0 Å². The highest BCUT2D eigenvalue weighted by Crippen LogP contribution is 2.23. The van der Waals surface area contributed by atoms with Gasteiger partial charge in [0.05, 0.1) is 6.26 Å². The van der Waals surface area contributed by atoms with Crippen molar-refractivity contribution < 1.29 is 4.42 Å². The maximum atomic E-state index is 5.23. The Morgan fingerprint density at radius 3 is 3.23 bits per heavy atom. The van der Waals surface area contributed by atoms with Crippen LogP contribution in [0.3, 0.4) is 0 Å². The smallest absolute Gasteiger partial charge is 0.244 e. The second-order valence-electron chi connectivity index (χ2n) is 2.54. The summed E-state index contributed by atoms with van der Waals surface area (Å²) in [7, 11) is 0. The Balaban J connectivity index is 2.23. The lowest BCUT2D eigenvalue weighted by Crippen LogP contribution is -1.71. The second kappa shape index (κ2) is 2.43. The Bertz CT molecular complexity index is 494. The first-order valence-corrected chi connectivity index (χ1v) is 4.55. The Morgan fingerprint density at radius 1 is 1.46 bits per heavy atom. The molecule has 0 N–H and O–H groups in total. The average Bonchev–Trinajstić information content (AvgIpc) is 2.78. The summed E-state index contributed by atoms with van der Waals surface area (Å²) in [6.45, 7) is 0. The molecule has 3 rings (SSSR count). The molecule has 0 unspecified atom stereocenters. The lowest BCUT2D eigenvalue weighted by Gasteiger charge is -1.83. The van der Waals surface area contributed by atoms with Gasteiger partial charge in [-0.05, 0) is 23.7 Å². The summed E-state index contributed by atoms with van der Waals surface area (Å²) in [6, 6.07) is 3.73. The molecule has 0 aliphatic heterocycles. The van der Waals surface area contributed by atoms with Crippen molar-refractivity contribution in [1.29, 1.82) is 0 Å². The minimum Gasteiger partial charge on any atom is -0.462 e. The molecule has 0 atom stereocenters. The van der Waals surface area contributed by atoms with Crippen molar-refractivity contribution >= 4 is 17.3 Å². The molecule has 64 valence electrons. The normalized spacial score (nSPS) is 11.1. The van der Waals surface area contributed by atoms with Crippen LogP contribution in [0.25, 0.3) is 16.5 Å². The SMILES string of the molecule is c1coc(-c2nc3nccn3s2)c1. The summed E-state index contributed by atoms with van der Waals surface area (Å²) in [5.41, 5.74) is 0. The van der Waals surface area contributed by atoms with Gasteiger partial charge in [-0.3, -0.25) is 0 Å². The maximum absolute atomic E-state index is 5.23. The van der Waals surface area contributed by atoms with Gasteiger partial charge in [0.2, 0.25) is 5.78 Å². The zero-order valence-electron chi connectivity index (χ0n) is 6.54. The summed E-state index contributed by atoms with van der Waals surface area (Å²) < 4.78 is 7.13. The van der Waals surface area contributed by atoms with E-state index in [9.17, 15) is 0 Å². The number of hydrogen-bond acceptors (Lipinski definition) is 4. The standard InChI is InChI=1S/C8H5N3OS/c1-2-6(12-5-1)7-10-8-9-3-4-11(8)13-7/h1-5H. The Labute approximate surface area is 77.6 Å². The minimum absolute atomic E-state index is 0.719. The lowest BCUT2D eigenvalue weighted by molar-refractivity contribution is 0.582. The van der Waals surface area contributed by atoms with Crippen molar-refractivity contribution in [2.75, 3.05) is 0 Å². The predicted octanol–water partition coefficient (Wildman–Crippen LogP) is 2.05. The highest BCUT2D eigenvalue weighted by molar-refractivity contribution is 7.09. The molecule has 5 heteroatoms. The van der Waals surface area contributed by atoms with E-state index in [2.05, 4.69) is 9.97 Å². The average molecular weight is 191 g/mol. The molecule has 0 aromatic carbocycles. The molecule has 0 aliphatic carbocycles. The summed E-state index contributed by atoms with van der Waals surface area (Å²) >= 11 is 1.51. The van der Waals surface area contributed by atoms with Crippen LogP contribution in [0.5, 0.6) is 0 Å². The number of nitrogens with zero attached hydrogens (tertiary/aromatic N) is 3. The highest BCUT2D eigenvalue weighted by Gasteiger charge is 2.07. The number of imidazole rings is 1. The molecule has 3 aromatic heterocycles. The van der Waals surface area contributed by atoms with Gasteiger partial charge in [0.25, 0.3) is 0 Å². The largest absolute Gasteiger partial charge is 0.462 e. The van der Waals surface area contributed by atoms with E-state index in [1.54, 1.807) is 12.5 Å². The van der Waals surface area contributed by atoms with Gasteiger partial charge < -0.3 is 4.42 Å². The Hall–Kier alpha value is -1.62. The summed E-state index contributed by atoms with van der Waals surface area (Å²) in [5, 5.41) is 0.855. The van der Waals surface area contributed by atoms with E-state index >= 15 is 0 Å². The second-order valence-corrected chi connectivity index (χ2v) is 3.50. The van der Waals surface area contributed by atoms with Crippen LogP contribution in [0.15, 0.2) is 35.2 Å². The molecular weight excluding hydrogens is 186 g/mol. The highest BCUT2D eigenvalue weighted by atomic mass is 32.1. The van der Waals surface area contributed by atoms with E-state index < -0.39 is 0 Å². The number of fused-ring (bicyclic) bond motifs is 1. The zero-order chi connectivity index (χ0) is 8.67. The van der Waals surface area contributed by atoms with E-state index in [-0.39, 0.29) is 0 Å². The van der Waals surface area contributed by atoms with Crippen LogP contribution in [0, 0.1) is 0 Å². The quantitative estimate of drug-likeness (QED) is 0.591. The van der Waals surface area contributed by atoms with E-state index in [4.69, 9.17) is 4.42 Å². The van der Waals surface area contributed by atoms with Crippen LogP contribution in [-0.4, -0.2) is 13.8 Å². The van der Waals surface area contributed by atoms with Gasteiger partial charge in [-0.25, -0.2) is 8.77 Å². The molecule has 0 fully saturated rings. The summed E-state index contributed by atoms with van der Waals surface area (Å²) in [5.74, 6) is 1.51. The Morgan fingerprint density at radius 2 is 2.46 bits per heavy atom. The van der Waals surface area contributed by atoms with Crippen LogP contribution >= 0.6 is 11.5 Å². The first-order valence-electron chi connectivity index (χ1n) is 3.78. The van der Waals surface area contributed by atoms with Crippen LogP contribution in [0.2, 0.25) is 0 Å². The van der Waals surface area contributed by atoms with E-state index in [1.165, 1.54) is 11.5 Å². The van der Waals surface area contributed by atoms with Crippen LogP contribution < -0.4 is 0 Å². The van der Waals surface area contributed by atoms with Gasteiger partial charge in [-0.2, -0.15) is 4.98 Å². The molecule has 13 heavy (non-hydrogen) atoms. The van der Waals surface area contributed by atoms with Crippen molar-refractivity contribution in [3.8, 4) is 10.8 Å². The fraction of sp³-hybridized carbons (Fsp3) is 0. The number of hydrogen-bond donors (Lipinski definition) is 0. The van der Waals surface area contributed by atoms with Gasteiger partial charge in [0.15, 0.2) is 10.8 Å². The summed E-state index contributed by atoms with van der Waals surface area (Å²) in [6.07, 6.45) is 5.24. The van der Waals surface area contributed by atoms with E-state index in [0.29, 0.717) is 0 Å². The van der Waals surface area contributed by atoms with Gasteiger partial charge in [-0.15, -0.1) is 0 Å². The molecule has 0 saturated carbocycles. The lowest BCUT2D eigenvalue weighted by atomic mass is 10.5. The molecule has 3 aromatic rings. The molecule has 0 amide bonds. The predicted molar refractivity (Wildman–Crippen MR) is 48.6 cm³/mol. The Kier molecular flexibility index (Phi) is 1.28. The minimum atomic E-state index is 0.719. The van der Waals surface area contributed by atoms with Crippen molar-refractivity contribution in [2.24, 2.45) is 0 Å². The number of aromatic nitrogens is 3. The number of rotatable bonds is 1. The fourth-order valence-corrected chi connectivity index (χ4v) is 1.94. The molecule has 0 spiro atoms. The zero-order valence-corrected chi connectivity index (χ0v) is 7.36. The van der Waals surface area contributed by atoms with Gasteiger partial charge in [0.1, 0.15) is 0 Å². The molecule has 0 aliphatic rings. The third-order valence-electron chi connectivity index (χ3n) is 1.71. The van der Waals surface area contributed by atoms with Crippen LogP contribution in [-0.2, 0) is 0 Å². The fourth-order valence-electron chi connectivity index (χ4n) is 1.14. The molecule has 4 nitrogen and oxygen atoms in total. The van der Waals surface area contributed by atoms with Crippen LogP contribution in [0.4, 0.5) is 0 Å². The van der Waals surface area contributed by atoms with E-state index in [1.807, 2.05) is 22.1 Å². The van der Waals surface area contributed by atoms with Gasteiger partial charge in [-0.1, -0.05) is 0 Å². The topological polar surface area (TPSA) is 43.3 Å². The third-order valence-corrected chi connectivity index (χ3v) is 2.65. The van der Waals surface area contributed by atoms with Crippen molar-refractivity contribution in [3.63, 3.8) is 0 Å². The van der Waals surface area contributed by atoms with Crippen molar-refractivity contribution in [3.05, 3.63) is 30.8 Å². The monoisotopic (exact) mass is 191 g/mol. The molecule has 0 saturated heterocycles. The number of furan rings is 1. The van der Waals surface area contributed by atoms with Crippen LogP contribution in [0.1, 0.15) is 0 Å².